The van der Waals surface area contributed by atoms with Gasteiger partial charge in [0.2, 0.25) is 0 Å². The first kappa shape index (κ1) is 18.9. The molecule has 0 unspecified atom stereocenters. The van der Waals surface area contributed by atoms with Crippen LogP contribution in [0.15, 0.2) is 13.4 Å². The first-order valence-electron chi connectivity index (χ1n) is 7.96. The van der Waals surface area contributed by atoms with Gasteiger partial charge in [0.15, 0.2) is 0 Å². The van der Waals surface area contributed by atoms with Gasteiger partial charge in [-0.3, -0.25) is 0 Å². The fourth-order valence-electron chi connectivity index (χ4n) is 3.23. The molecule has 0 saturated carbocycles. The minimum absolute atomic E-state index is 0.955. The molecular weight excluding hydrogens is 515 g/mol. The summed E-state index contributed by atoms with van der Waals surface area (Å²) in [4.78, 5) is 0. The van der Waals surface area contributed by atoms with Crippen molar-refractivity contribution >= 4 is 54.9 Å². The SMILES string of the molecule is Cc1nn([BH-](n2nc(C)c(Br)c2C)n2nc(C)c(Br)c2C)c(C)c1Br. The van der Waals surface area contributed by atoms with Gasteiger partial charge >= 0.3 is 7.12 Å². The van der Waals surface area contributed by atoms with Gasteiger partial charge in [-0.1, -0.05) is 0 Å². The standard InChI is InChI=1S/C15H19BBr3N6/c1-7-13(17)10(4)23(20-7)16(24-11(5)14(18)8(2)21-24)25-12(6)15(19)9(3)22-25/h16H,1-6H3/q-1. The van der Waals surface area contributed by atoms with Gasteiger partial charge in [-0.25, -0.2) is 15.3 Å². The van der Waals surface area contributed by atoms with Gasteiger partial charge in [-0.05, 0) is 89.3 Å². The summed E-state index contributed by atoms with van der Waals surface area (Å²) in [5.74, 6) is 0. The molecule has 0 aliphatic carbocycles. The number of hydrogen-bond acceptors (Lipinski definition) is 3. The van der Waals surface area contributed by atoms with E-state index in [4.69, 9.17) is 15.3 Å². The summed E-state index contributed by atoms with van der Waals surface area (Å²) in [6.07, 6.45) is 0. The summed E-state index contributed by atoms with van der Waals surface area (Å²) in [5.41, 5.74) is 6.04. The molecule has 10 heteroatoms. The van der Waals surface area contributed by atoms with Crippen LogP contribution < -0.4 is 0 Å². The highest BCUT2D eigenvalue weighted by Gasteiger charge is 2.23. The number of aromatic nitrogens is 6. The predicted octanol–water partition coefficient (Wildman–Crippen LogP) is 4.08. The minimum Gasteiger partial charge on any atom is -0.399 e. The lowest BCUT2D eigenvalue weighted by Gasteiger charge is -2.31. The van der Waals surface area contributed by atoms with Crippen LogP contribution in [0.5, 0.6) is 0 Å². The lowest BCUT2D eigenvalue weighted by atomic mass is 9.93. The zero-order chi connectivity index (χ0) is 18.6. The number of halogens is 3. The molecule has 3 heterocycles. The Balaban J connectivity index is 2.34. The third-order valence-corrected chi connectivity index (χ3v) is 8.13. The van der Waals surface area contributed by atoms with Crippen molar-refractivity contribution in [1.29, 1.82) is 0 Å². The molecule has 0 atom stereocenters. The quantitative estimate of drug-likeness (QED) is 0.477. The first-order valence-corrected chi connectivity index (χ1v) is 10.3. The molecule has 0 aliphatic rings. The maximum atomic E-state index is 4.78. The molecule has 3 aromatic heterocycles. The zero-order valence-corrected chi connectivity index (χ0v) is 19.8. The zero-order valence-electron chi connectivity index (χ0n) is 15.0. The molecule has 6 nitrogen and oxygen atoms in total. The Labute approximate surface area is 172 Å². The van der Waals surface area contributed by atoms with E-state index < -0.39 is 7.12 Å². The molecule has 0 saturated heterocycles. The van der Waals surface area contributed by atoms with E-state index in [1.807, 2.05) is 34.5 Å². The van der Waals surface area contributed by atoms with Crippen molar-refractivity contribution in [3.05, 3.63) is 47.6 Å². The predicted molar refractivity (Wildman–Crippen MR) is 112 cm³/mol. The van der Waals surface area contributed by atoms with Crippen LogP contribution in [-0.4, -0.2) is 36.2 Å². The Kier molecular flexibility index (Phi) is 5.07. The topological polar surface area (TPSA) is 53.5 Å². The molecular formula is C15H19BBr3N6-. The van der Waals surface area contributed by atoms with Crippen molar-refractivity contribution < 1.29 is 0 Å². The Morgan fingerprint density at radius 3 is 0.960 bits per heavy atom. The molecule has 0 bridgehead atoms. The van der Waals surface area contributed by atoms with Crippen LogP contribution in [0.4, 0.5) is 0 Å². The summed E-state index contributed by atoms with van der Waals surface area (Å²) in [7, 11) is -1.41. The minimum atomic E-state index is -1.41. The second-order valence-electron chi connectivity index (χ2n) is 6.38. The summed E-state index contributed by atoms with van der Waals surface area (Å²) in [6.45, 7) is 12.2. The number of hydrogen-bond donors (Lipinski definition) is 0. The molecule has 25 heavy (non-hydrogen) atoms. The third-order valence-electron chi connectivity index (χ3n) is 4.68. The molecule has 0 amide bonds. The van der Waals surface area contributed by atoms with E-state index in [0.717, 1.165) is 47.6 Å². The van der Waals surface area contributed by atoms with E-state index in [1.54, 1.807) is 0 Å². The maximum absolute atomic E-state index is 4.78. The van der Waals surface area contributed by atoms with Gasteiger partial charge in [0.05, 0.1) is 30.5 Å². The molecule has 134 valence electrons. The highest BCUT2D eigenvalue weighted by molar-refractivity contribution is 9.11. The summed E-state index contributed by atoms with van der Waals surface area (Å²) < 4.78 is 9.18. The summed E-state index contributed by atoms with van der Waals surface area (Å²) in [6, 6.07) is 0. The van der Waals surface area contributed by atoms with Crippen LogP contribution in [0, 0.1) is 41.5 Å². The molecule has 0 spiro atoms. The van der Waals surface area contributed by atoms with Gasteiger partial charge in [0, 0.05) is 17.1 Å². The lowest BCUT2D eigenvalue weighted by Crippen LogP contribution is -2.45. The van der Waals surface area contributed by atoms with E-state index in [0.29, 0.717) is 0 Å². The molecule has 0 radical (unpaired) electrons. The van der Waals surface area contributed by atoms with Crippen LogP contribution in [0.1, 0.15) is 34.2 Å². The van der Waals surface area contributed by atoms with Crippen LogP contribution in [-0.2, 0) is 0 Å². The average molecular weight is 534 g/mol. The van der Waals surface area contributed by atoms with Gasteiger partial charge in [0.1, 0.15) is 0 Å². The molecule has 0 aromatic carbocycles. The van der Waals surface area contributed by atoms with Crippen molar-refractivity contribution in [3.8, 4) is 0 Å². The van der Waals surface area contributed by atoms with Crippen molar-refractivity contribution in [3.63, 3.8) is 0 Å². The third kappa shape index (κ3) is 2.96. The van der Waals surface area contributed by atoms with E-state index in [9.17, 15) is 0 Å². The molecule has 3 rings (SSSR count). The Hall–Kier alpha value is -0.865. The summed E-state index contributed by atoms with van der Waals surface area (Å²) >= 11 is 10.9. The monoisotopic (exact) mass is 531 g/mol. The number of rotatable bonds is 3. The normalized spacial score (nSPS) is 11.8. The average Bonchev–Trinajstić information content (AvgIpc) is 3.08. The fraction of sp³-hybridized carbons (Fsp3) is 0.400. The van der Waals surface area contributed by atoms with Crippen molar-refractivity contribution in [2.75, 3.05) is 0 Å². The Morgan fingerprint density at radius 1 is 0.560 bits per heavy atom. The fourth-order valence-corrected chi connectivity index (χ4v) is 4.08. The number of nitrogens with zero attached hydrogens (tertiary/aromatic N) is 6. The lowest BCUT2D eigenvalue weighted by molar-refractivity contribution is 0.729. The highest BCUT2D eigenvalue weighted by atomic mass is 79.9. The van der Waals surface area contributed by atoms with E-state index >= 15 is 0 Å². The maximum Gasteiger partial charge on any atom is 0.326 e. The molecule has 0 aliphatic heterocycles. The van der Waals surface area contributed by atoms with Crippen LogP contribution in [0.25, 0.3) is 0 Å². The van der Waals surface area contributed by atoms with Gasteiger partial charge in [-0.2, -0.15) is 0 Å². The van der Waals surface area contributed by atoms with Crippen LogP contribution in [0.3, 0.4) is 0 Å². The van der Waals surface area contributed by atoms with E-state index in [1.165, 1.54) is 0 Å². The smallest absolute Gasteiger partial charge is 0.326 e. The Morgan fingerprint density at radius 2 is 0.800 bits per heavy atom. The van der Waals surface area contributed by atoms with Crippen molar-refractivity contribution in [2.45, 2.75) is 41.5 Å². The van der Waals surface area contributed by atoms with E-state index in [2.05, 4.69) is 68.6 Å². The Bertz CT molecular complexity index is 847. The second kappa shape index (κ2) is 6.70. The van der Waals surface area contributed by atoms with Gasteiger partial charge in [-0.15, -0.1) is 0 Å². The van der Waals surface area contributed by atoms with Gasteiger partial charge in [0.25, 0.3) is 0 Å². The largest absolute Gasteiger partial charge is 0.399 e. The summed E-state index contributed by atoms with van der Waals surface area (Å²) in [5, 5.41) is 14.3. The second-order valence-corrected chi connectivity index (χ2v) is 8.76. The highest BCUT2D eigenvalue weighted by Crippen LogP contribution is 2.26. The van der Waals surface area contributed by atoms with Gasteiger partial charge < -0.3 is 13.8 Å². The number of aryl methyl sites for hydroxylation is 3. The first-order chi connectivity index (χ1) is 11.6. The van der Waals surface area contributed by atoms with Crippen LogP contribution in [0.2, 0.25) is 0 Å². The molecule has 0 fully saturated rings. The van der Waals surface area contributed by atoms with Crippen LogP contribution >= 0.6 is 47.8 Å². The van der Waals surface area contributed by atoms with E-state index in [-0.39, 0.29) is 0 Å². The van der Waals surface area contributed by atoms with Crippen molar-refractivity contribution in [1.82, 2.24) is 29.1 Å². The molecule has 0 N–H and O–H groups in total. The molecule has 3 aromatic rings. The van der Waals surface area contributed by atoms with Crippen molar-refractivity contribution in [2.24, 2.45) is 0 Å².